The fourth-order valence-electron chi connectivity index (χ4n) is 3.68. The standard InChI is InChI=1S/C27H35NO11/c1-27(2,3)26(35)38-14-16-7-8-18(12-20(16)39-25-24(34)23(33)19(30)15-37-25)36-11-5-4-6-17(29)13-28-21(31)9-10-22(28)32/h7-10,12,19,23-25,30,33-34H,4-6,11,13-15H2,1-3H3/t19-,23+,24-,25+/m1/s1. The van der Waals surface area contributed by atoms with Gasteiger partial charge in [0.05, 0.1) is 25.2 Å². The highest BCUT2D eigenvalue weighted by atomic mass is 16.7. The maximum atomic E-state index is 12.2. The van der Waals surface area contributed by atoms with Crippen LogP contribution < -0.4 is 9.47 Å². The molecule has 214 valence electrons. The summed E-state index contributed by atoms with van der Waals surface area (Å²) >= 11 is 0. The lowest BCUT2D eigenvalue weighted by molar-refractivity contribution is -0.242. The second kappa shape index (κ2) is 13.2. The predicted molar refractivity (Wildman–Crippen MR) is 134 cm³/mol. The average Bonchev–Trinajstić information content (AvgIpc) is 3.19. The van der Waals surface area contributed by atoms with E-state index in [0.717, 1.165) is 17.1 Å². The highest BCUT2D eigenvalue weighted by Gasteiger charge is 2.39. The van der Waals surface area contributed by atoms with Gasteiger partial charge in [0.2, 0.25) is 6.29 Å². The molecule has 0 bridgehead atoms. The number of imide groups is 1. The van der Waals surface area contributed by atoms with Crippen LogP contribution in [-0.4, -0.2) is 88.1 Å². The van der Waals surface area contributed by atoms with Crippen LogP contribution in [0.3, 0.4) is 0 Å². The van der Waals surface area contributed by atoms with Gasteiger partial charge < -0.3 is 34.3 Å². The summed E-state index contributed by atoms with van der Waals surface area (Å²) in [7, 11) is 0. The van der Waals surface area contributed by atoms with Gasteiger partial charge in [-0.3, -0.25) is 24.1 Å². The molecule has 4 atom stereocenters. The summed E-state index contributed by atoms with van der Waals surface area (Å²) in [6.07, 6.45) is -2.10. The van der Waals surface area contributed by atoms with Crippen molar-refractivity contribution in [2.75, 3.05) is 19.8 Å². The fraction of sp³-hybridized carbons (Fsp3) is 0.556. The Morgan fingerprint density at radius 2 is 1.74 bits per heavy atom. The highest BCUT2D eigenvalue weighted by molar-refractivity contribution is 6.14. The number of rotatable bonds is 12. The van der Waals surface area contributed by atoms with E-state index in [4.69, 9.17) is 18.9 Å². The quantitative estimate of drug-likeness (QED) is 0.190. The third kappa shape index (κ3) is 8.33. The average molecular weight is 550 g/mol. The minimum absolute atomic E-state index is 0.126. The summed E-state index contributed by atoms with van der Waals surface area (Å²) in [5.74, 6) is -1.07. The number of benzene rings is 1. The number of carbonyl (C=O) groups is 4. The first-order valence-electron chi connectivity index (χ1n) is 12.7. The molecule has 2 amide bonds. The van der Waals surface area contributed by atoms with E-state index in [-0.39, 0.29) is 44.3 Å². The molecular weight excluding hydrogens is 514 g/mol. The third-order valence-electron chi connectivity index (χ3n) is 6.06. The lowest BCUT2D eigenvalue weighted by atomic mass is 9.97. The second-order valence-corrected chi connectivity index (χ2v) is 10.4. The number of carbonyl (C=O) groups excluding carboxylic acids is 4. The molecule has 1 fully saturated rings. The number of ether oxygens (including phenoxy) is 4. The maximum absolute atomic E-state index is 12.2. The van der Waals surface area contributed by atoms with Crippen LogP contribution in [0.1, 0.15) is 45.6 Å². The maximum Gasteiger partial charge on any atom is 0.311 e. The molecule has 12 heteroatoms. The monoisotopic (exact) mass is 549 g/mol. The van der Waals surface area contributed by atoms with Crippen LogP contribution in [0.2, 0.25) is 0 Å². The van der Waals surface area contributed by atoms with Crippen LogP contribution in [0.5, 0.6) is 11.5 Å². The molecule has 12 nitrogen and oxygen atoms in total. The molecule has 2 aliphatic heterocycles. The minimum Gasteiger partial charge on any atom is -0.493 e. The second-order valence-electron chi connectivity index (χ2n) is 10.4. The van der Waals surface area contributed by atoms with E-state index in [2.05, 4.69) is 0 Å². The summed E-state index contributed by atoms with van der Waals surface area (Å²) in [6.45, 7) is 4.79. The Balaban J connectivity index is 1.57. The molecule has 3 N–H and O–H groups in total. The van der Waals surface area contributed by atoms with Crippen LogP contribution >= 0.6 is 0 Å². The van der Waals surface area contributed by atoms with Crippen LogP contribution in [0, 0.1) is 5.41 Å². The smallest absolute Gasteiger partial charge is 0.311 e. The molecule has 39 heavy (non-hydrogen) atoms. The highest BCUT2D eigenvalue weighted by Crippen LogP contribution is 2.30. The molecule has 1 aromatic carbocycles. The number of nitrogens with zero attached hydrogens (tertiary/aromatic N) is 1. The number of aliphatic hydroxyl groups is 3. The Bertz CT molecular complexity index is 1080. The number of Topliss-reactive ketones (excluding diaryl/α,β-unsaturated/α-hetero) is 1. The van der Waals surface area contributed by atoms with Gasteiger partial charge in [-0.05, 0) is 45.7 Å². The topological polar surface area (TPSA) is 169 Å². The van der Waals surface area contributed by atoms with E-state index < -0.39 is 47.8 Å². The number of aliphatic hydroxyl groups excluding tert-OH is 3. The lowest BCUT2D eigenvalue weighted by Crippen LogP contribution is -2.54. The summed E-state index contributed by atoms with van der Waals surface area (Å²) in [4.78, 5) is 48.4. The van der Waals surface area contributed by atoms with Crippen molar-refractivity contribution in [2.45, 2.75) is 71.2 Å². The number of unbranched alkanes of at least 4 members (excludes halogenated alkanes) is 1. The van der Waals surface area contributed by atoms with Crippen LogP contribution in [0.15, 0.2) is 30.4 Å². The van der Waals surface area contributed by atoms with Gasteiger partial charge in [0.25, 0.3) is 11.8 Å². The molecule has 2 heterocycles. The number of esters is 1. The Labute approximate surface area is 226 Å². The zero-order chi connectivity index (χ0) is 28.7. The SMILES string of the molecule is CC(C)(C)C(=O)OCc1ccc(OCCCCC(=O)CN2C(=O)C=CC2=O)cc1O[C@@H]1OC[C@@H](O)[C@H](O)[C@H]1O. The lowest BCUT2D eigenvalue weighted by Gasteiger charge is -2.35. The van der Waals surface area contributed by atoms with Crippen molar-refractivity contribution in [1.82, 2.24) is 4.90 Å². The first-order chi connectivity index (χ1) is 18.4. The first-order valence-corrected chi connectivity index (χ1v) is 12.7. The van der Waals surface area contributed by atoms with Crippen LogP contribution in [0.4, 0.5) is 0 Å². The number of hydrogen-bond acceptors (Lipinski definition) is 11. The van der Waals surface area contributed by atoms with E-state index in [1.54, 1.807) is 32.9 Å². The van der Waals surface area contributed by atoms with Crippen molar-refractivity contribution in [2.24, 2.45) is 5.41 Å². The summed E-state index contributed by atoms with van der Waals surface area (Å²) in [5.41, 5.74) is -0.257. The molecule has 3 rings (SSSR count). The van der Waals surface area contributed by atoms with Crippen LogP contribution in [0.25, 0.3) is 0 Å². The van der Waals surface area contributed by atoms with E-state index in [9.17, 15) is 34.5 Å². The van der Waals surface area contributed by atoms with Crippen molar-refractivity contribution in [3.8, 4) is 11.5 Å². The molecule has 0 unspecified atom stereocenters. The van der Waals surface area contributed by atoms with Crippen molar-refractivity contribution >= 4 is 23.6 Å². The van der Waals surface area contributed by atoms with Crippen molar-refractivity contribution in [3.63, 3.8) is 0 Å². The number of ketones is 1. The van der Waals surface area contributed by atoms with Gasteiger partial charge in [-0.1, -0.05) is 0 Å². The van der Waals surface area contributed by atoms with Crippen molar-refractivity contribution < 1.29 is 53.4 Å². The third-order valence-corrected chi connectivity index (χ3v) is 6.06. The first kappa shape index (κ1) is 30.2. The molecule has 0 radical (unpaired) electrons. The number of amides is 2. The Morgan fingerprint density at radius 3 is 2.41 bits per heavy atom. The molecule has 2 aliphatic rings. The molecule has 0 aromatic heterocycles. The Kier molecular flexibility index (Phi) is 10.2. The van der Waals surface area contributed by atoms with Crippen LogP contribution in [-0.2, 0) is 35.3 Å². The van der Waals surface area contributed by atoms with E-state index in [0.29, 0.717) is 24.2 Å². The molecule has 1 saturated heterocycles. The number of hydrogen-bond donors (Lipinski definition) is 3. The minimum atomic E-state index is -1.53. The molecule has 1 aromatic rings. The van der Waals surface area contributed by atoms with E-state index >= 15 is 0 Å². The summed E-state index contributed by atoms with van der Waals surface area (Å²) in [6, 6.07) is 4.80. The van der Waals surface area contributed by atoms with Crippen molar-refractivity contribution in [3.05, 3.63) is 35.9 Å². The van der Waals surface area contributed by atoms with E-state index in [1.807, 2.05) is 0 Å². The van der Waals surface area contributed by atoms with Gasteiger partial charge in [0.15, 0.2) is 5.78 Å². The van der Waals surface area contributed by atoms with E-state index in [1.165, 1.54) is 6.07 Å². The Hall–Kier alpha value is -3.32. The zero-order valence-corrected chi connectivity index (χ0v) is 22.2. The molecule has 0 saturated carbocycles. The normalized spacial score (nSPS) is 23.2. The Morgan fingerprint density at radius 1 is 1.05 bits per heavy atom. The molecule has 0 aliphatic carbocycles. The van der Waals surface area contributed by atoms with Gasteiger partial charge in [0.1, 0.15) is 36.4 Å². The van der Waals surface area contributed by atoms with Gasteiger partial charge in [0, 0.05) is 30.2 Å². The predicted octanol–water partition coefficient (Wildman–Crippen LogP) is 0.637. The van der Waals surface area contributed by atoms with Crippen molar-refractivity contribution in [1.29, 1.82) is 0 Å². The van der Waals surface area contributed by atoms with Gasteiger partial charge in [-0.15, -0.1) is 0 Å². The fourth-order valence-corrected chi connectivity index (χ4v) is 3.68. The molecule has 0 spiro atoms. The van der Waals surface area contributed by atoms with Gasteiger partial charge >= 0.3 is 5.97 Å². The van der Waals surface area contributed by atoms with Gasteiger partial charge in [-0.2, -0.15) is 0 Å². The largest absolute Gasteiger partial charge is 0.493 e. The zero-order valence-electron chi connectivity index (χ0n) is 22.2. The summed E-state index contributed by atoms with van der Waals surface area (Å²) in [5, 5.41) is 29.9. The molecular formula is C27H35NO11. The summed E-state index contributed by atoms with van der Waals surface area (Å²) < 4.78 is 22.3. The van der Waals surface area contributed by atoms with Gasteiger partial charge in [-0.25, -0.2) is 0 Å².